The van der Waals surface area contributed by atoms with Gasteiger partial charge < -0.3 is 24.6 Å². The highest BCUT2D eigenvalue weighted by atomic mass is 32.2. The maximum Gasteiger partial charge on any atom is 0.417 e. The summed E-state index contributed by atoms with van der Waals surface area (Å²) in [6.07, 6.45) is -11.9. The molecule has 1 unspecified atom stereocenters. The fraction of sp³-hybridized carbons (Fsp3) is 0.909. The second-order valence-electron chi connectivity index (χ2n) is 5.06. The monoisotopic (exact) mass is 330 g/mol. The molecule has 10 heteroatoms. The van der Waals surface area contributed by atoms with E-state index in [1.54, 1.807) is 19.0 Å². The maximum absolute atomic E-state index is 12.9. The van der Waals surface area contributed by atoms with Crippen LogP contribution < -0.4 is 0 Å². The molecule has 21 heavy (non-hydrogen) atoms. The van der Waals surface area contributed by atoms with Crippen LogP contribution in [-0.4, -0.2) is 83.6 Å². The van der Waals surface area contributed by atoms with Crippen LogP contribution >= 0.6 is 11.8 Å². The Balaban J connectivity index is 2.20. The van der Waals surface area contributed by atoms with Gasteiger partial charge in [0.1, 0.15) is 29.8 Å². The van der Waals surface area contributed by atoms with E-state index in [1.807, 2.05) is 0 Å². The van der Waals surface area contributed by atoms with Gasteiger partial charge in [0.15, 0.2) is 11.3 Å². The Hall–Kier alpha value is -0.550. The Bertz CT molecular complexity index is 421. The van der Waals surface area contributed by atoms with Crippen molar-refractivity contribution in [3.8, 4) is 0 Å². The first-order chi connectivity index (χ1) is 9.66. The summed E-state index contributed by atoms with van der Waals surface area (Å²) in [6.45, 7) is 0. The quantitative estimate of drug-likeness (QED) is 0.745. The van der Waals surface area contributed by atoms with Crippen LogP contribution in [0.5, 0.6) is 0 Å². The van der Waals surface area contributed by atoms with E-state index >= 15 is 0 Å². The Labute approximate surface area is 123 Å². The number of nitrogens with zero attached hydrogens (tertiary/aromatic N) is 2. The van der Waals surface area contributed by atoms with Crippen molar-refractivity contribution < 1.29 is 32.9 Å². The lowest BCUT2D eigenvalue weighted by molar-refractivity contribution is -0.278. The molecule has 0 saturated carbocycles. The van der Waals surface area contributed by atoms with Gasteiger partial charge in [0, 0.05) is 21.2 Å². The molecular formula is C11H17F3N2O4S. The summed E-state index contributed by atoms with van der Waals surface area (Å²) in [6, 6.07) is -0.801. The Kier molecular flexibility index (Phi) is 4.74. The molecule has 2 aliphatic rings. The molecule has 2 rings (SSSR count). The summed E-state index contributed by atoms with van der Waals surface area (Å²) in [5.41, 5.74) is -0.786. The normalized spacial score (nSPS) is 37.9. The topological polar surface area (TPSA) is 74.5 Å². The van der Waals surface area contributed by atoms with Crippen LogP contribution in [0.4, 0.5) is 13.2 Å². The van der Waals surface area contributed by atoms with Crippen molar-refractivity contribution in [3.05, 3.63) is 0 Å². The van der Waals surface area contributed by atoms with E-state index in [0.717, 1.165) is 18.9 Å². The summed E-state index contributed by atoms with van der Waals surface area (Å²) in [5.74, 6) is 0. The van der Waals surface area contributed by atoms with E-state index in [9.17, 15) is 23.4 Å². The Morgan fingerprint density at radius 1 is 1.33 bits per heavy atom. The summed E-state index contributed by atoms with van der Waals surface area (Å²) < 4.78 is 48.5. The molecule has 1 fully saturated rings. The van der Waals surface area contributed by atoms with Crippen molar-refractivity contribution >= 4 is 16.9 Å². The highest BCUT2D eigenvalue weighted by Gasteiger charge is 2.56. The van der Waals surface area contributed by atoms with Gasteiger partial charge in [-0.2, -0.15) is 13.2 Å². The predicted molar refractivity (Wildman–Crippen MR) is 70.0 cm³/mol. The van der Waals surface area contributed by atoms with Crippen molar-refractivity contribution in [2.75, 3.05) is 21.2 Å². The van der Waals surface area contributed by atoms with E-state index in [4.69, 9.17) is 4.74 Å². The van der Waals surface area contributed by atoms with Crippen LogP contribution in [0.3, 0.4) is 0 Å². The SMILES string of the molecule is COC([C@H]1O[C@@H]2SC(N(C)C)=N[C@@H]2[C@@H](O)[C@@H]1O)C(F)(F)F. The molecule has 0 aromatic carbocycles. The summed E-state index contributed by atoms with van der Waals surface area (Å²) >= 11 is 1.11. The molecule has 1 saturated heterocycles. The number of ether oxygens (including phenoxy) is 2. The van der Waals surface area contributed by atoms with Gasteiger partial charge in [-0.05, 0) is 0 Å². The lowest BCUT2D eigenvalue weighted by Crippen LogP contribution is -2.61. The maximum atomic E-state index is 12.9. The molecule has 2 aliphatic heterocycles. The molecule has 6 atom stereocenters. The standard InChI is InChI=1S/C11H17F3N2O4S/c1-16(2)10-15-4-5(17)6(18)7(20-9(4)21-10)8(19-3)11(12,13)14/h4-9,17-18H,1-3H3/t4-,5-,6+,7+,8?,9-/m1/s1. The van der Waals surface area contributed by atoms with Crippen LogP contribution in [0.1, 0.15) is 0 Å². The molecule has 0 aliphatic carbocycles. The molecule has 0 radical (unpaired) electrons. The molecular weight excluding hydrogens is 313 g/mol. The van der Waals surface area contributed by atoms with Gasteiger partial charge in [0.25, 0.3) is 0 Å². The van der Waals surface area contributed by atoms with Crippen molar-refractivity contribution in [2.45, 2.75) is 42.1 Å². The van der Waals surface area contributed by atoms with Crippen molar-refractivity contribution in [1.29, 1.82) is 0 Å². The number of amidine groups is 1. The third kappa shape index (κ3) is 3.14. The number of hydrogen-bond donors (Lipinski definition) is 2. The van der Waals surface area contributed by atoms with Crippen LogP contribution in [0, 0.1) is 0 Å². The highest BCUT2D eigenvalue weighted by Crippen LogP contribution is 2.40. The van der Waals surface area contributed by atoms with E-state index in [1.165, 1.54) is 0 Å². The van der Waals surface area contributed by atoms with Gasteiger partial charge in [-0.3, -0.25) is 4.99 Å². The zero-order valence-corrected chi connectivity index (χ0v) is 12.4. The molecule has 0 spiro atoms. The fourth-order valence-corrected chi connectivity index (χ4v) is 3.44. The number of rotatable bonds is 2. The van der Waals surface area contributed by atoms with E-state index in [0.29, 0.717) is 5.17 Å². The van der Waals surface area contributed by atoms with Crippen LogP contribution in [0.25, 0.3) is 0 Å². The lowest BCUT2D eigenvalue weighted by Gasteiger charge is -2.41. The second-order valence-corrected chi connectivity index (χ2v) is 6.13. The van der Waals surface area contributed by atoms with Gasteiger partial charge in [0.05, 0.1) is 0 Å². The minimum absolute atomic E-state index is 0.526. The summed E-state index contributed by atoms with van der Waals surface area (Å²) in [7, 11) is 4.32. The summed E-state index contributed by atoms with van der Waals surface area (Å²) in [5, 5.41) is 20.5. The minimum Gasteiger partial charge on any atom is -0.388 e. The summed E-state index contributed by atoms with van der Waals surface area (Å²) in [4.78, 5) is 5.84. The first kappa shape index (κ1) is 16.8. The predicted octanol–water partition coefficient (Wildman–Crippen LogP) is 0.0434. The molecule has 0 amide bonds. The Morgan fingerprint density at radius 2 is 1.95 bits per heavy atom. The van der Waals surface area contributed by atoms with E-state index in [2.05, 4.69) is 9.73 Å². The molecule has 6 nitrogen and oxygen atoms in total. The smallest absolute Gasteiger partial charge is 0.388 e. The molecule has 122 valence electrons. The number of thioether (sulfide) groups is 1. The molecule has 2 heterocycles. The number of aliphatic hydroxyl groups is 2. The lowest BCUT2D eigenvalue weighted by atomic mass is 9.94. The molecule has 2 N–H and O–H groups in total. The third-order valence-electron chi connectivity index (χ3n) is 3.35. The number of alkyl halides is 3. The van der Waals surface area contributed by atoms with E-state index < -0.39 is 42.1 Å². The highest BCUT2D eigenvalue weighted by molar-refractivity contribution is 8.14. The molecule has 0 aromatic rings. The van der Waals surface area contributed by atoms with Crippen molar-refractivity contribution in [3.63, 3.8) is 0 Å². The van der Waals surface area contributed by atoms with Crippen molar-refractivity contribution in [1.82, 2.24) is 4.90 Å². The van der Waals surface area contributed by atoms with Crippen molar-refractivity contribution in [2.24, 2.45) is 4.99 Å². The van der Waals surface area contributed by atoms with Gasteiger partial charge in [-0.25, -0.2) is 0 Å². The molecule has 0 bridgehead atoms. The number of halogens is 3. The van der Waals surface area contributed by atoms with Gasteiger partial charge in [-0.1, -0.05) is 11.8 Å². The van der Waals surface area contributed by atoms with Gasteiger partial charge in [0.2, 0.25) is 0 Å². The number of hydrogen-bond acceptors (Lipinski definition) is 7. The third-order valence-corrected chi connectivity index (χ3v) is 4.65. The fourth-order valence-electron chi connectivity index (χ4n) is 2.30. The van der Waals surface area contributed by atoms with Crippen LogP contribution in [-0.2, 0) is 9.47 Å². The zero-order valence-electron chi connectivity index (χ0n) is 11.6. The first-order valence-electron chi connectivity index (χ1n) is 6.19. The first-order valence-corrected chi connectivity index (χ1v) is 7.07. The van der Waals surface area contributed by atoms with Gasteiger partial charge >= 0.3 is 6.18 Å². The zero-order chi connectivity index (χ0) is 15.9. The van der Waals surface area contributed by atoms with E-state index in [-0.39, 0.29) is 0 Å². The van der Waals surface area contributed by atoms with Crippen LogP contribution in [0.2, 0.25) is 0 Å². The number of aliphatic hydroxyl groups excluding tert-OH is 2. The van der Waals surface area contributed by atoms with Crippen LogP contribution in [0.15, 0.2) is 4.99 Å². The van der Waals surface area contributed by atoms with Gasteiger partial charge in [-0.15, -0.1) is 0 Å². The number of aliphatic imine (C=N–C) groups is 1. The second kappa shape index (κ2) is 5.92. The average molecular weight is 330 g/mol. The number of fused-ring (bicyclic) bond motifs is 1. The molecule has 0 aromatic heterocycles. The Morgan fingerprint density at radius 3 is 2.43 bits per heavy atom. The number of methoxy groups -OCH3 is 1. The average Bonchev–Trinajstić information content (AvgIpc) is 2.78. The largest absolute Gasteiger partial charge is 0.417 e. The minimum atomic E-state index is -4.71.